The fourth-order valence-electron chi connectivity index (χ4n) is 5.42. The first-order chi connectivity index (χ1) is 17.6. The number of rotatable bonds is 2. The molecule has 3 heteroatoms. The Morgan fingerprint density at radius 3 is 2.31 bits per heavy atom. The Balaban J connectivity index is 1.47. The fourth-order valence-corrected chi connectivity index (χ4v) is 5.42. The van der Waals surface area contributed by atoms with E-state index in [1.807, 2.05) is 19.2 Å². The Labute approximate surface area is 209 Å². The van der Waals surface area contributed by atoms with Crippen molar-refractivity contribution < 1.29 is 4.42 Å². The normalized spacial score (nSPS) is 11.8. The number of benzene rings is 4. The molecule has 0 saturated carbocycles. The summed E-state index contributed by atoms with van der Waals surface area (Å²) in [7, 11) is 0. The van der Waals surface area contributed by atoms with Crippen molar-refractivity contribution in [1.29, 1.82) is 0 Å². The summed E-state index contributed by atoms with van der Waals surface area (Å²) in [5.74, 6) is 0. The molecule has 3 nitrogen and oxygen atoms in total. The van der Waals surface area contributed by atoms with Crippen molar-refractivity contribution in [2.75, 3.05) is 0 Å². The van der Waals surface area contributed by atoms with E-state index in [4.69, 9.17) is 14.4 Å². The highest BCUT2D eigenvalue weighted by Gasteiger charge is 2.17. The first kappa shape index (κ1) is 20.8. The minimum absolute atomic E-state index is 0.830. The van der Waals surface area contributed by atoms with Crippen LogP contribution in [0.3, 0.4) is 0 Å². The summed E-state index contributed by atoms with van der Waals surface area (Å²) in [6.45, 7) is 6.35. The monoisotopic (exact) mass is 464 g/mol. The summed E-state index contributed by atoms with van der Waals surface area (Å²) in [5.41, 5.74) is 10.3. The van der Waals surface area contributed by atoms with Crippen LogP contribution in [0.5, 0.6) is 0 Å². The molecule has 0 saturated heterocycles. The number of aromatic nitrogens is 2. The first-order valence-electron chi connectivity index (χ1n) is 12.3. The van der Waals surface area contributed by atoms with Crippen LogP contribution in [0.1, 0.15) is 16.8 Å². The van der Waals surface area contributed by atoms with Crippen molar-refractivity contribution in [1.82, 2.24) is 9.97 Å². The van der Waals surface area contributed by atoms with E-state index in [0.29, 0.717) is 0 Å². The molecular formula is C33H24N2O. The molecule has 0 unspecified atom stereocenters. The Bertz CT molecular complexity index is 1980. The van der Waals surface area contributed by atoms with Crippen LogP contribution in [0.2, 0.25) is 0 Å². The molecular weight excluding hydrogens is 440 g/mol. The quantitative estimate of drug-likeness (QED) is 0.256. The molecule has 0 aliphatic carbocycles. The predicted molar refractivity (Wildman–Crippen MR) is 149 cm³/mol. The highest BCUT2D eigenvalue weighted by Crippen LogP contribution is 2.39. The summed E-state index contributed by atoms with van der Waals surface area (Å²) < 4.78 is 6.56. The van der Waals surface area contributed by atoms with Gasteiger partial charge in [-0.1, -0.05) is 60.7 Å². The molecule has 0 fully saturated rings. The molecule has 0 radical (unpaired) electrons. The second-order valence-corrected chi connectivity index (χ2v) is 9.59. The molecule has 0 N–H and O–H groups in total. The predicted octanol–water partition coefficient (Wildman–Crippen LogP) is 8.94. The van der Waals surface area contributed by atoms with Crippen LogP contribution in [-0.4, -0.2) is 9.97 Å². The molecule has 172 valence electrons. The number of hydrogen-bond acceptors (Lipinski definition) is 3. The number of pyridine rings is 2. The van der Waals surface area contributed by atoms with Gasteiger partial charge in [0.25, 0.3) is 0 Å². The Morgan fingerprint density at radius 2 is 1.39 bits per heavy atom. The lowest BCUT2D eigenvalue weighted by Gasteiger charge is -2.13. The molecule has 7 aromatic rings. The molecule has 0 aliphatic rings. The molecule has 0 aliphatic heterocycles. The topological polar surface area (TPSA) is 38.9 Å². The second-order valence-electron chi connectivity index (χ2n) is 9.59. The van der Waals surface area contributed by atoms with Gasteiger partial charge in [0.15, 0.2) is 5.58 Å². The summed E-state index contributed by atoms with van der Waals surface area (Å²) in [4.78, 5) is 9.64. The van der Waals surface area contributed by atoms with Crippen molar-refractivity contribution in [2.45, 2.75) is 20.8 Å². The number of para-hydroxylation sites is 1. The molecule has 7 rings (SSSR count). The third-order valence-corrected chi connectivity index (χ3v) is 7.33. The summed E-state index contributed by atoms with van der Waals surface area (Å²) in [6.07, 6.45) is 1.97. The maximum atomic E-state index is 6.56. The molecule has 3 aromatic heterocycles. The molecule has 3 heterocycles. The number of hydrogen-bond donors (Lipinski definition) is 0. The Kier molecular flexibility index (Phi) is 4.49. The number of aryl methyl sites for hydroxylation is 3. The molecule has 0 atom stereocenters. The minimum Gasteiger partial charge on any atom is -0.453 e. The van der Waals surface area contributed by atoms with E-state index in [9.17, 15) is 0 Å². The van der Waals surface area contributed by atoms with Crippen LogP contribution in [-0.2, 0) is 0 Å². The maximum Gasteiger partial charge on any atom is 0.161 e. The van der Waals surface area contributed by atoms with Crippen molar-refractivity contribution in [3.63, 3.8) is 0 Å². The van der Waals surface area contributed by atoms with Gasteiger partial charge >= 0.3 is 0 Å². The van der Waals surface area contributed by atoms with Gasteiger partial charge in [0.1, 0.15) is 11.1 Å². The largest absolute Gasteiger partial charge is 0.453 e. The molecule has 0 bridgehead atoms. The van der Waals surface area contributed by atoms with Crippen LogP contribution in [0.15, 0.2) is 95.5 Å². The Morgan fingerprint density at radius 1 is 0.611 bits per heavy atom. The third-order valence-electron chi connectivity index (χ3n) is 7.33. The van der Waals surface area contributed by atoms with Gasteiger partial charge in [-0.25, -0.2) is 4.98 Å². The lowest BCUT2D eigenvalue weighted by Crippen LogP contribution is -1.93. The van der Waals surface area contributed by atoms with Gasteiger partial charge in [0.05, 0.1) is 5.69 Å². The molecule has 0 amide bonds. The van der Waals surface area contributed by atoms with Crippen molar-refractivity contribution in [3.8, 4) is 22.4 Å². The average Bonchev–Trinajstić information content (AvgIpc) is 3.29. The zero-order valence-corrected chi connectivity index (χ0v) is 20.5. The van der Waals surface area contributed by atoms with Gasteiger partial charge in [-0.05, 0) is 78.1 Å². The highest BCUT2D eigenvalue weighted by molar-refractivity contribution is 6.16. The van der Waals surface area contributed by atoms with Crippen LogP contribution in [0.25, 0.3) is 66.0 Å². The van der Waals surface area contributed by atoms with E-state index in [-0.39, 0.29) is 0 Å². The number of nitrogens with zero attached hydrogens (tertiary/aromatic N) is 2. The van der Waals surface area contributed by atoms with Crippen molar-refractivity contribution in [3.05, 3.63) is 108 Å². The Hall–Kier alpha value is -4.50. The van der Waals surface area contributed by atoms with E-state index in [1.165, 1.54) is 27.5 Å². The van der Waals surface area contributed by atoms with E-state index >= 15 is 0 Å². The lowest BCUT2D eigenvalue weighted by molar-refractivity contribution is 0.672. The standard InChI is InChI=1S/C33H24N2O/c1-19-18-34-30(17-29(19)25-15-13-22-7-4-5-8-24(22)21(25)3)28-10-6-9-26-27-16-14-23-12-11-20(2)35-31(23)33(27)36-32(26)28/h4-18H,1-3H3. The van der Waals surface area contributed by atoms with Crippen molar-refractivity contribution >= 4 is 43.6 Å². The van der Waals surface area contributed by atoms with Crippen LogP contribution >= 0.6 is 0 Å². The molecule has 4 aromatic carbocycles. The minimum atomic E-state index is 0.830. The van der Waals surface area contributed by atoms with Gasteiger partial charge in [0.2, 0.25) is 0 Å². The highest BCUT2D eigenvalue weighted by atomic mass is 16.3. The SMILES string of the molecule is Cc1ccc2ccc3c4cccc(-c5cc(-c6ccc7ccccc7c6C)c(C)cn5)c4oc3c2n1. The molecule has 0 spiro atoms. The van der Waals surface area contributed by atoms with Gasteiger partial charge in [-0.2, -0.15) is 0 Å². The van der Waals surface area contributed by atoms with Gasteiger partial charge < -0.3 is 4.42 Å². The summed E-state index contributed by atoms with van der Waals surface area (Å²) in [5, 5.41) is 5.78. The summed E-state index contributed by atoms with van der Waals surface area (Å²) >= 11 is 0. The zero-order valence-electron chi connectivity index (χ0n) is 20.5. The number of furan rings is 1. The fraction of sp³-hybridized carbons (Fsp3) is 0.0909. The van der Waals surface area contributed by atoms with E-state index in [2.05, 4.69) is 92.7 Å². The summed E-state index contributed by atoms with van der Waals surface area (Å²) in [6, 6.07) is 29.9. The lowest BCUT2D eigenvalue weighted by atomic mass is 9.92. The average molecular weight is 465 g/mol. The van der Waals surface area contributed by atoms with Gasteiger partial charge in [-0.3, -0.25) is 4.98 Å². The second kappa shape index (κ2) is 7.76. The molecule has 36 heavy (non-hydrogen) atoms. The van der Waals surface area contributed by atoms with Crippen LogP contribution < -0.4 is 0 Å². The first-order valence-corrected chi connectivity index (χ1v) is 12.3. The van der Waals surface area contributed by atoms with Crippen LogP contribution in [0, 0.1) is 20.8 Å². The zero-order chi connectivity index (χ0) is 24.4. The third kappa shape index (κ3) is 3.06. The van der Waals surface area contributed by atoms with E-state index in [1.54, 1.807) is 0 Å². The van der Waals surface area contributed by atoms with E-state index < -0.39 is 0 Å². The number of fused-ring (bicyclic) bond motifs is 6. The van der Waals surface area contributed by atoms with Gasteiger partial charge in [-0.15, -0.1) is 0 Å². The van der Waals surface area contributed by atoms with E-state index in [0.717, 1.165) is 55.4 Å². The maximum absolute atomic E-state index is 6.56. The van der Waals surface area contributed by atoms with Crippen LogP contribution in [0.4, 0.5) is 0 Å². The van der Waals surface area contributed by atoms with Crippen molar-refractivity contribution in [2.24, 2.45) is 0 Å². The van der Waals surface area contributed by atoms with Gasteiger partial charge in [0, 0.05) is 33.6 Å². The smallest absolute Gasteiger partial charge is 0.161 e.